The van der Waals surface area contributed by atoms with Crippen LogP contribution >= 0.6 is 0 Å². The summed E-state index contributed by atoms with van der Waals surface area (Å²) in [6.45, 7) is 2.56. The standard InChI is InChI=1S/C16H22N2O4/c1-3-12(11-22-2)17-14(19)16(21)9-10-18(15(16)20)13-7-5-4-6-8-13/h4-8,12,21H,3,9-11H2,1-2H3,(H,17,19)/t12?,16-/m0/s1. The summed E-state index contributed by atoms with van der Waals surface area (Å²) in [6.07, 6.45) is 0.738. The van der Waals surface area contributed by atoms with Crippen LogP contribution in [0, 0.1) is 0 Å². The van der Waals surface area contributed by atoms with Gasteiger partial charge in [0.15, 0.2) is 0 Å². The van der Waals surface area contributed by atoms with Crippen LogP contribution in [0.15, 0.2) is 30.3 Å². The number of carbonyl (C=O) groups is 2. The Bertz CT molecular complexity index is 534. The Morgan fingerprint density at radius 3 is 2.73 bits per heavy atom. The summed E-state index contributed by atoms with van der Waals surface area (Å²) in [5.74, 6) is -1.23. The molecule has 2 rings (SSSR count). The van der Waals surface area contributed by atoms with E-state index in [-0.39, 0.29) is 12.5 Å². The van der Waals surface area contributed by atoms with Crippen LogP contribution in [-0.2, 0) is 14.3 Å². The predicted octanol–water partition coefficient (Wildman–Crippen LogP) is 0.696. The van der Waals surface area contributed by atoms with Gasteiger partial charge in [-0.2, -0.15) is 0 Å². The van der Waals surface area contributed by atoms with E-state index in [9.17, 15) is 14.7 Å². The normalized spacial score (nSPS) is 22.7. The second-order valence-electron chi connectivity index (χ2n) is 5.44. The molecule has 0 radical (unpaired) electrons. The van der Waals surface area contributed by atoms with Crippen molar-refractivity contribution in [3.05, 3.63) is 30.3 Å². The van der Waals surface area contributed by atoms with Crippen molar-refractivity contribution in [2.75, 3.05) is 25.2 Å². The van der Waals surface area contributed by atoms with Gasteiger partial charge in [-0.3, -0.25) is 9.59 Å². The molecule has 0 spiro atoms. The fourth-order valence-electron chi connectivity index (χ4n) is 2.54. The number of benzene rings is 1. The van der Waals surface area contributed by atoms with Crippen LogP contribution < -0.4 is 10.2 Å². The monoisotopic (exact) mass is 306 g/mol. The first-order valence-corrected chi connectivity index (χ1v) is 7.42. The zero-order valence-corrected chi connectivity index (χ0v) is 12.9. The van der Waals surface area contributed by atoms with Crippen LogP contribution in [0.5, 0.6) is 0 Å². The molecular formula is C16H22N2O4. The zero-order chi connectivity index (χ0) is 16.2. The summed E-state index contributed by atoms with van der Waals surface area (Å²) in [5.41, 5.74) is -1.32. The molecule has 1 saturated heterocycles. The van der Waals surface area contributed by atoms with Gasteiger partial charge in [-0.05, 0) is 18.6 Å². The Balaban J connectivity index is 2.11. The molecule has 0 bridgehead atoms. The van der Waals surface area contributed by atoms with Gasteiger partial charge >= 0.3 is 0 Å². The molecule has 0 saturated carbocycles. The van der Waals surface area contributed by atoms with Crippen LogP contribution in [0.4, 0.5) is 5.69 Å². The fraction of sp³-hybridized carbons (Fsp3) is 0.500. The van der Waals surface area contributed by atoms with Crippen molar-refractivity contribution in [3.8, 4) is 0 Å². The van der Waals surface area contributed by atoms with Gasteiger partial charge in [0.2, 0.25) is 5.60 Å². The van der Waals surface area contributed by atoms with Gasteiger partial charge in [-0.15, -0.1) is 0 Å². The van der Waals surface area contributed by atoms with Gasteiger partial charge in [0.05, 0.1) is 12.6 Å². The molecule has 120 valence electrons. The van der Waals surface area contributed by atoms with E-state index in [1.54, 1.807) is 19.2 Å². The van der Waals surface area contributed by atoms with Gasteiger partial charge in [0.25, 0.3) is 11.8 Å². The quantitative estimate of drug-likeness (QED) is 0.758. The molecule has 1 aliphatic rings. The summed E-state index contributed by atoms with van der Waals surface area (Å²) in [7, 11) is 1.54. The molecule has 1 aromatic carbocycles. The third-order valence-corrected chi connectivity index (χ3v) is 3.94. The average molecular weight is 306 g/mol. The summed E-state index contributed by atoms with van der Waals surface area (Å²) >= 11 is 0. The molecule has 2 atom stereocenters. The lowest BCUT2D eigenvalue weighted by atomic mass is 10.0. The number of anilines is 1. The van der Waals surface area contributed by atoms with Crippen molar-refractivity contribution in [1.29, 1.82) is 0 Å². The third-order valence-electron chi connectivity index (χ3n) is 3.94. The Kier molecular flexibility index (Phi) is 5.15. The summed E-state index contributed by atoms with van der Waals surface area (Å²) in [6, 6.07) is 8.81. The SMILES string of the molecule is CCC(COC)NC(=O)[C@@]1(O)CCN(c2ccccc2)C1=O. The van der Waals surface area contributed by atoms with Gasteiger partial charge in [-0.25, -0.2) is 0 Å². The molecule has 2 N–H and O–H groups in total. The number of aliphatic hydroxyl groups is 1. The lowest BCUT2D eigenvalue weighted by Gasteiger charge is -2.24. The van der Waals surface area contributed by atoms with Crippen LogP contribution in [0.1, 0.15) is 19.8 Å². The van der Waals surface area contributed by atoms with E-state index in [0.717, 1.165) is 0 Å². The minimum atomic E-state index is -2.00. The third kappa shape index (κ3) is 3.13. The van der Waals surface area contributed by atoms with Crippen molar-refractivity contribution in [2.24, 2.45) is 0 Å². The first kappa shape index (κ1) is 16.5. The predicted molar refractivity (Wildman–Crippen MR) is 82.5 cm³/mol. The maximum Gasteiger partial charge on any atom is 0.268 e. The lowest BCUT2D eigenvalue weighted by Crippen LogP contribution is -2.55. The summed E-state index contributed by atoms with van der Waals surface area (Å²) in [5, 5.41) is 13.2. The molecule has 2 amide bonds. The van der Waals surface area contributed by atoms with E-state index in [1.807, 2.05) is 25.1 Å². The number of carbonyl (C=O) groups excluding carboxylic acids is 2. The van der Waals surface area contributed by atoms with E-state index in [4.69, 9.17) is 4.74 Å². The van der Waals surface area contributed by atoms with E-state index in [0.29, 0.717) is 25.3 Å². The van der Waals surface area contributed by atoms with Gasteiger partial charge in [0.1, 0.15) is 0 Å². The molecule has 1 aliphatic heterocycles. The molecule has 1 aromatic rings. The van der Waals surface area contributed by atoms with Crippen molar-refractivity contribution in [1.82, 2.24) is 5.32 Å². The minimum absolute atomic E-state index is 0.0793. The first-order chi connectivity index (χ1) is 10.5. The maximum atomic E-state index is 12.5. The van der Waals surface area contributed by atoms with Crippen LogP contribution in [0.25, 0.3) is 0 Å². The Morgan fingerprint density at radius 1 is 1.45 bits per heavy atom. The second kappa shape index (κ2) is 6.89. The minimum Gasteiger partial charge on any atom is -0.383 e. The van der Waals surface area contributed by atoms with Gasteiger partial charge in [-0.1, -0.05) is 25.1 Å². The Hall–Kier alpha value is -1.92. The summed E-state index contributed by atoms with van der Waals surface area (Å²) in [4.78, 5) is 26.3. The Labute approximate surface area is 130 Å². The second-order valence-corrected chi connectivity index (χ2v) is 5.44. The van der Waals surface area contributed by atoms with E-state index < -0.39 is 17.4 Å². The van der Waals surface area contributed by atoms with E-state index in [2.05, 4.69) is 5.32 Å². The van der Waals surface area contributed by atoms with Crippen molar-refractivity contribution >= 4 is 17.5 Å². The topological polar surface area (TPSA) is 78.9 Å². The van der Waals surface area contributed by atoms with Gasteiger partial charge in [0, 0.05) is 25.8 Å². The highest BCUT2D eigenvalue weighted by Crippen LogP contribution is 2.28. The Morgan fingerprint density at radius 2 is 2.14 bits per heavy atom. The number of ether oxygens (including phenoxy) is 1. The highest BCUT2D eigenvalue weighted by atomic mass is 16.5. The molecule has 6 nitrogen and oxygen atoms in total. The van der Waals surface area contributed by atoms with E-state index in [1.165, 1.54) is 4.90 Å². The number of hydrogen-bond donors (Lipinski definition) is 2. The van der Waals surface area contributed by atoms with Crippen LogP contribution in [-0.4, -0.2) is 48.8 Å². The molecule has 22 heavy (non-hydrogen) atoms. The van der Waals surface area contributed by atoms with Crippen molar-refractivity contribution < 1.29 is 19.4 Å². The fourth-order valence-corrected chi connectivity index (χ4v) is 2.54. The molecule has 1 heterocycles. The molecular weight excluding hydrogens is 284 g/mol. The number of rotatable bonds is 6. The number of amides is 2. The van der Waals surface area contributed by atoms with Crippen molar-refractivity contribution in [3.63, 3.8) is 0 Å². The maximum absolute atomic E-state index is 12.5. The molecule has 0 aliphatic carbocycles. The molecule has 1 unspecified atom stereocenters. The smallest absolute Gasteiger partial charge is 0.268 e. The van der Waals surface area contributed by atoms with Crippen LogP contribution in [0.2, 0.25) is 0 Å². The number of hydrogen-bond acceptors (Lipinski definition) is 4. The largest absolute Gasteiger partial charge is 0.383 e. The number of methoxy groups -OCH3 is 1. The van der Waals surface area contributed by atoms with Crippen molar-refractivity contribution in [2.45, 2.75) is 31.4 Å². The highest BCUT2D eigenvalue weighted by molar-refractivity contribution is 6.16. The molecule has 1 fully saturated rings. The number of nitrogens with zero attached hydrogens (tertiary/aromatic N) is 1. The number of para-hydroxylation sites is 1. The highest BCUT2D eigenvalue weighted by Gasteiger charge is 2.52. The van der Waals surface area contributed by atoms with Gasteiger partial charge < -0.3 is 20.1 Å². The molecule has 6 heteroatoms. The lowest BCUT2D eigenvalue weighted by molar-refractivity contribution is -0.150. The average Bonchev–Trinajstić information content (AvgIpc) is 2.84. The van der Waals surface area contributed by atoms with Crippen LogP contribution in [0.3, 0.4) is 0 Å². The first-order valence-electron chi connectivity index (χ1n) is 7.42. The van der Waals surface area contributed by atoms with E-state index >= 15 is 0 Å². The zero-order valence-electron chi connectivity index (χ0n) is 12.9. The molecule has 0 aromatic heterocycles. The summed E-state index contributed by atoms with van der Waals surface area (Å²) < 4.78 is 5.02. The number of nitrogens with one attached hydrogen (secondary N) is 1.